The molecule has 1 heterocycles. The van der Waals surface area contributed by atoms with Crippen LogP contribution >= 0.6 is 0 Å². The Hall–Kier alpha value is -2.50. The van der Waals surface area contributed by atoms with Crippen LogP contribution in [0.5, 0.6) is 11.5 Å². The van der Waals surface area contributed by atoms with Crippen molar-refractivity contribution in [3.05, 3.63) is 35.4 Å². The van der Waals surface area contributed by atoms with E-state index in [4.69, 9.17) is 9.47 Å². The van der Waals surface area contributed by atoms with E-state index in [2.05, 4.69) is 13.0 Å². The van der Waals surface area contributed by atoms with Crippen molar-refractivity contribution < 1.29 is 19.1 Å². The van der Waals surface area contributed by atoms with E-state index in [1.165, 1.54) is 31.3 Å². The molecule has 2 aliphatic carbocycles. The Balaban J connectivity index is 1.63. The number of benzene rings is 1. The summed E-state index contributed by atoms with van der Waals surface area (Å²) >= 11 is 0. The summed E-state index contributed by atoms with van der Waals surface area (Å²) in [5.41, 5.74) is 2.22. The molecule has 6 heteroatoms. The first-order chi connectivity index (χ1) is 17.1. The maximum Gasteiger partial charge on any atom is 0.250 e. The van der Waals surface area contributed by atoms with Gasteiger partial charge >= 0.3 is 0 Å². The standard InChI is InChI=1S/C29H42N2O4/c1-3-19-35-25-16-15-23(20-26(25)34-2)28-29(33)31(24-13-9-4-5-10-14-24)21-27(32)30(28)18-17-22-11-7-6-8-12-22/h11,15-16,20,24,28H,3-10,12-14,17-19,21H2,1-2H3/t28-/m0/s1. The van der Waals surface area contributed by atoms with E-state index in [0.29, 0.717) is 24.7 Å². The van der Waals surface area contributed by atoms with Crippen molar-refractivity contribution in [2.75, 3.05) is 26.8 Å². The predicted octanol–water partition coefficient (Wildman–Crippen LogP) is 5.81. The van der Waals surface area contributed by atoms with E-state index in [9.17, 15) is 9.59 Å². The Bertz CT molecular complexity index is 904. The van der Waals surface area contributed by atoms with Crippen molar-refractivity contribution in [2.24, 2.45) is 0 Å². The SMILES string of the molecule is CCCOc1ccc([C@H]2C(=O)N(C3CCCCCC3)CC(=O)N2CCC2=CCCCC2)cc1OC. The van der Waals surface area contributed by atoms with Gasteiger partial charge in [0.15, 0.2) is 11.5 Å². The number of allylic oxidation sites excluding steroid dienone is 1. The van der Waals surface area contributed by atoms with Gasteiger partial charge in [0, 0.05) is 12.6 Å². The fourth-order valence-corrected chi connectivity index (χ4v) is 5.78. The third kappa shape index (κ3) is 6.20. The number of carbonyl (C=O) groups excluding carboxylic acids is 2. The lowest BCUT2D eigenvalue weighted by Crippen LogP contribution is -2.58. The molecule has 1 aromatic rings. The van der Waals surface area contributed by atoms with Gasteiger partial charge < -0.3 is 19.3 Å². The molecule has 4 rings (SSSR count). The Labute approximate surface area is 210 Å². The summed E-state index contributed by atoms with van der Waals surface area (Å²) in [7, 11) is 1.62. The van der Waals surface area contributed by atoms with Crippen LogP contribution in [0.2, 0.25) is 0 Å². The summed E-state index contributed by atoms with van der Waals surface area (Å²) in [4.78, 5) is 31.3. The smallest absolute Gasteiger partial charge is 0.250 e. The molecular formula is C29H42N2O4. The van der Waals surface area contributed by atoms with E-state index in [1.54, 1.807) is 7.11 Å². The molecule has 0 unspecified atom stereocenters. The van der Waals surface area contributed by atoms with E-state index >= 15 is 0 Å². The second-order valence-corrected chi connectivity index (χ2v) is 10.2. The molecule has 192 valence electrons. The molecular weight excluding hydrogens is 440 g/mol. The van der Waals surface area contributed by atoms with Gasteiger partial charge in [0.05, 0.1) is 13.7 Å². The number of rotatable bonds is 9. The molecule has 0 spiro atoms. The highest BCUT2D eigenvalue weighted by molar-refractivity contribution is 5.96. The molecule has 6 nitrogen and oxygen atoms in total. The second kappa shape index (κ2) is 12.5. The number of hydrogen-bond donors (Lipinski definition) is 0. The number of piperazine rings is 1. The van der Waals surface area contributed by atoms with Crippen LogP contribution in [0.25, 0.3) is 0 Å². The third-order valence-electron chi connectivity index (χ3n) is 7.74. The van der Waals surface area contributed by atoms with E-state index in [-0.39, 0.29) is 24.4 Å². The van der Waals surface area contributed by atoms with Crippen molar-refractivity contribution in [1.82, 2.24) is 9.80 Å². The molecule has 0 aromatic heterocycles. The number of hydrogen-bond acceptors (Lipinski definition) is 4. The van der Waals surface area contributed by atoms with Gasteiger partial charge in [-0.1, -0.05) is 50.3 Å². The summed E-state index contributed by atoms with van der Waals surface area (Å²) in [5, 5.41) is 0. The van der Waals surface area contributed by atoms with Crippen LogP contribution in [0.3, 0.4) is 0 Å². The lowest BCUT2D eigenvalue weighted by Gasteiger charge is -2.44. The molecule has 1 aliphatic heterocycles. The lowest BCUT2D eigenvalue weighted by molar-refractivity contribution is -0.158. The first kappa shape index (κ1) is 25.6. The summed E-state index contributed by atoms with van der Waals surface area (Å²) in [6.07, 6.45) is 15.4. The molecule has 2 fully saturated rings. The molecule has 0 radical (unpaired) electrons. The molecule has 3 aliphatic rings. The second-order valence-electron chi connectivity index (χ2n) is 10.2. The monoisotopic (exact) mass is 482 g/mol. The van der Waals surface area contributed by atoms with Gasteiger partial charge in [0.25, 0.3) is 5.91 Å². The van der Waals surface area contributed by atoms with E-state index < -0.39 is 6.04 Å². The largest absolute Gasteiger partial charge is 0.493 e. The number of ether oxygens (including phenoxy) is 2. The van der Waals surface area contributed by atoms with Gasteiger partial charge in [-0.05, 0) is 69.1 Å². The zero-order valence-corrected chi connectivity index (χ0v) is 21.6. The normalized spacial score (nSPS) is 22.1. The summed E-state index contributed by atoms with van der Waals surface area (Å²) in [6, 6.07) is 5.26. The van der Waals surface area contributed by atoms with E-state index in [1.807, 2.05) is 28.0 Å². The predicted molar refractivity (Wildman–Crippen MR) is 138 cm³/mol. The third-order valence-corrected chi connectivity index (χ3v) is 7.74. The van der Waals surface area contributed by atoms with Crippen LogP contribution in [0.15, 0.2) is 29.8 Å². The zero-order valence-electron chi connectivity index (χ0n) is 21.6. The van der Waals surface area contributed by atoms with E-state index in [0.717, 1.165) is 56.9 Å². The minimum Gasteiger partial charge on any atom is -0.493 e. The topological polar surface area (TPSA) is 59.1 Å². The highest BCUT2D eigenvalue weighted by Crippen LogP contribution is 2.37. The molecule has 35 heavy (non-hydrogen) atoms. The highest BCUT2D eigenvalue weighted by Gasteiger charge is 2.42. The fraction of sp³-hybridized carbons (Fsp3) is 0.655. The van der Waals surface area contributed by atoms with Crippen LogP contribution in [0, 0.1) is 0 Å². The van der Waals surface area contributed by atoms with Crippen molar-refractivity contribution in [3.63, 3.8) is 0 Å². The summed E-state index contributed by atoms with van der Waals surface area (Å²) in [6.45, 7) is 3.45. The van der Waals surface area contributed by atoms with Gasteiger partial charge in [-0.15, -0.1) is 0 Å². The van der Waals surface area contributed by atoms with Gasteiger partial charge in [0.1, 0.15) is 12.6 Å². The van der Waals surface area contributed by atoms with Crippen molar-refractivity contribution in [1.29, 1.82) is 0 Å². The average molecular weight is 483 g/mol. The van der Waals surface area contributed by atoms with Crippen molar-refractivity contribution in [3.8, 4) is 11.5 Å². The fourth-order valence-electron chi connectivity index (χ4n) is 5.78. The van der Waals surface area contributed by atoms with Crippen LogP contribution in [-0.2, 0) is 9.59 Å². The summed E-state index contributed by atoms with van der Waals surface area (Å²) < 4.78 is 11.5. The number of amides is 2. The van der Waals surface area contributed by atoms with Crippen molar-refractivity contribution in [2.45, 2.75) is 96.1 Å². The van der Waals surface area contributed by atoms with Gasteiger partial charge in [-0.3, -0.25) is 9.59 Å². The van der Waals surface area contributed by atoms with Crippen molar-refractivity contribution >= 4 is 11.8 Å². The Kier molecular flexibility index (Phi) is 9.11. The number of carbonyl (C=O) groups is 2. The van der Waals surface area contributed by atoms with Gasteiger partial charge in [-0.2, -0.15) is 0 Å². The maximum atomic E-state index is 14.0. The Morgan fingerprint density at radius 2 is 1.80 bits per heavy atom. The first-order valence-corrected chi connectivity index (χ1v) is 13.7. The van der Waals surface area contributed by atoms with Crippen LogP contribution in [0.4, 0.5) is 0 Å². The number of nitrogens with zero attached hydrogens (tertiary/aromatic N) is 2. The maximum absolute atomic E-state index is 14.0. The molecule has 1 atom stereocenters. The van der Waals surface area contributed by atoms with Gasteiger partial charge in [-0.25, -0.2) is 0 Å². The first-order valence-electron chi connectivity index (χ1n) is 13.7. The minimum absolute atomic E-state index is 0.0541. The summed E-state index contributed by atoms with van der Waals surface area (Å²) in [5.74, 6) is 1.39. The highest BCUT2D eigenvalue weighted by atomic mass is 16.5. The molecule has 0 bridgehead atoms. The molecule has 0 N–H and O–H groups in total. The Morgan fingerprint density at radius 3 is 2.49 bits per heavy atom. The Morgan fingerprint density at radius 1 is 1.00 bits per heavy atom. The minimum atomic E-state index is -0.613. The molecule has 1 aromatic carbocycles. The van der Waals surface area contributed by atoms with Gasteiger partial charge in [0.2, 0.25) is 5.91 Å². The average Bonchev–Trinajstić information content (AvgIpc) is 3.18. The van der Waals surface area contributed by atoms with Crippen LogP contribution in [-0.4, -0.2) is 54.5 Å². The number of methoxy groups -OCH3 is 1. The molecule has 1 saturated heterocycles. The zero-order chi connectivity index (χ0) is 24.6. The van der Waals surface area contributed by atoms with Crippen LogP contribution < -0.4 is 9.47 Å². The lowest BCUT2D eigenvalue weighted by atomic mass is 9.94. The van der Waals surface area contributed by atoms with Crippen LogP contribution in [0.1, 0.15) is 95.6 Å². The molecule has 2 amide bonds. The molecule has 1 saturated carbocycles. The quantitative estimate of drug-likeness (QED) is 0.329.